The summed E-state index contributed by atoms with van der Waals surface area (Å²) in [7, 11) is 0. The zero-order chi connectivity index (χ0) is 15.8. The molecule has 1 saturated carbocycles. The van der Waals surface area contributed by atoms with Gasteiger partial charge in [0.05, 0.1) is 19.8 Å². The van der Waals surface area contributed by atoms with Crippen LogP contribution in [0.3, 0.4) is 0 Å². The van der Waals surface area contributed by atoms with Crippen LogP contribution < -0.4 is 11.1 Å². The normalized spacial score (nSPS) is 20.1. The van der Waals surface area contributed by atoms with E-state index in [1.54, 1.807) is 0 Å². The fraction of sp³-hybridized carbons (Fsp3) is 0.588. The molecule has 0 radical (unpaired) electrons. The molecule has 0 bridgehead atoms. The van der Waals surface area contributed by atoms with Crippen molar-refractivity contribution < 1.29 is 14.3 Å². The molecule has 2 unspecified atom stereocenters. The van der Waals surface area contributed by atoms with Gasteiger partial charge < -0.3 is 20.5 Å². The van der Waals surface area contributed by atoms with Crippen molar-refractivity contribution in [3.05, 3.63) is 29.8 Å². The van der Waals surface area contributed by atoms with Gasteiger partial charge in [-0.1, -0.05) is 12.1 Å². The van der Waals surface area contributed by atoms with Gasteiger partial charge in [0.1, 0.15) is 0 Å². The Balaban J connectivity index is 0.00000264. The first-order valence-corrected chi connectivity index (χ1v) is 8.00. The standard InChI is InChI=1S/C17H26N2O3.ClH/c1-2-21-8-9-22-12-13-4-3-5-16(10-13)19-17(20)14-6-7-15(18)11-14;/h3-5,10,14-15H,2,6-9,11-12,18H2,1H3,(H,19,20);1H. The second-order valence-corrected chi connectivity index (χ2v) is 5.71. The van der Waals surface area contributed by atoms with E-state index in [1.807, 2.05) is 31.2 Å². The molecule has 23 heavy (non-hydrogen) atoms. The molecule has 1 aromatic carbocycles. The number of anilines is 1. The highest BCUT2D eigenvalue weighted by atomic mass is 35.5. The molecule has 6 heteroatoms. The number of hydrogen-bond acceptors (Lipinski definition) is 4. The van der Waals surface area contributed by atoms with Crippen LogP contribution >= 0.6 is 12.4 Å². The number of nitrogens with one attached hydrogen (secondary N) is 1. The number of amides is 1. The third kappa shape index (κ3) is 6.87. The molecule has 5 nitrogen and oxygen atoms in total. The SMILES string of the molecule is CCOCCOCc1cccc(NC(=O)C2CCC(N)C2)c1.Cl. The van der Waals surface area contributed by atoms with Crippen LogP contribution in [0.15, 0.2) is 24.3 Å². The molecule has 3 N–H and O–H groups in total. The summed E-state index contributed by atoms with van der Waals surface area (Å²) in [6.45, 7) is 4.36. The van der Waals surface area contributed by atoms with E-state index < -0.39 is 0 Å². The Morgan fingerprint density at radius 3 is 2.78 bits per heavy atom. The summed E-state index contributed by atoms with van der Waals surface area (Å²) in [4.78, 5) is 12.2. The van der Waals surface area contributed by atoms with Crippen molar-refractivity contribution in [3.63, 3.8) is 0 Å². The maximum atomic E-state index is 12.2. The minimum Gasteiger partial charge on any atom is -0.379 e. The van der Waals surface area contributed by atoms with Crippen LogP contribution in [0.1, 0.15) is 31.7 Å². The van der Waals surface area contributed by atoms with E-state index in [0.29, 0.717) is 26.4 Å². The molecule has 0 saturated heterocycles. The number of halogens is 1. The highest BCUT2D eigenvalue weighted by molar-refractivity contribution is 5.92. The number of benzene rings is 1. The van der Waals surface area contributed by atoms with E-state index in [2.05, 4.69) is 5.32 Å². The first kappa shape index (κ1) is 19.9. The summed E-state index contributed by atoms with van der Waals surface area (Å²) < 4.78 is 10.8. The lowest BCUT2D eigenvalue weighted by Crippen LogP contribution is -2.23. The van der Waals surface area contributed by atoms with E-state index in [9.17, 15) is 4.79 Å². The van der Waals surface area contributed by atoms with E-state index in [4.69, 9.17) is 15.2 Å². The van der Waals surface area contributed by atoms with Gasteiger partial charge in [-0.25, -0.2) is 0 Å². The first-order valence-electron chi connectivity index (χ1n) is 8.00. The Morgan fingerprint density at radius 1 is 1.30 bits per heavy atom. The Bertz CT molecular complexity index is 485. The zero-order valence-electron chi connectivity index (χ0n) is 13.6. The minimum atomic E-state index is 0. The van der Waals surface area contributed by atoms with Gasteiger partial charge in [-0.05, 0) is 43.9 Å². The van der Waals surface area contributed by atoms with E-state index in [-0.39, 0.29) is 30.3 Å². The lowest BCUT2D eigenvalue weighted by atomic mass is 10.1. The van der Waals surface area contributed by atoms with Crippen molar-refractivity contribution >= 4 is 24.0 Å². The van der Waals surface area contributed by atoms with Crippen LogP contribution in [0.2, 0.25) is 0 Å². The van der Waals surface area contributed by atoms with Crippen molar-refractivity contribution in [2.45, 2.75) is 38.8 Å². The molecule has 1 aliphatic carbocycles. The van der Waals surface area contributed by atoms with Crippen LogP contribution in [-0.4, -0.2) is 31.8 Å². The van der Waals surface area contributed by atoms with Crippen molar-refractivity contribution in [2.24, 2.45) is 11.7 Å². The highest BCUT2D eigenvalue weighted by Gasteiger charge is 2.27. The molecule has 0 aliphatic heterocycles. The minimum absolute atomic E-state index is 0. The van der Waals surface area contributed by atoms with Gasteiger partial charge in [-0.3, -0.25) is 4.79 Å². The number of nitrogens with two attached hydrogens (primary N) is 1. The lowest BCUT2D eigenvalue weighted by Gasteiger charge is -2.12. The van der Waals surface area contributed by atoms with Crippen LogP contribution in [0.25, 0.3) is 0 Å². The molecule has 1 aromatic rings. The maximum absolute atomic E-state index is 12.2. The number of hydrogen-bond donors (Lipinski definition) is 2. The summed E-state index contributed by atoms with van der Waals surface area (Å²) >= 11 is 0. The van der Waals surface area contributed by atoms with Crippen LogP contribution in [0.4, 0.5) is 5.69 Å². The molecule has 1 aliphatic rings. The number of ether oxygens (including phenoxy) is 2. The molecule has 0 spiro atoms. The van der Waals surface area contributed by atoms with Gasteiger partial charge in [0.25, 0.3) is 0 Å². The summed E-state index contributed by atoms with van der Waals surface area (Å²) in [5.74, 6) is 0.114. The highest BCUT2D eigenvalue weighted by Crippen LogP contribution is 2.25. The van der Waals surface area contributed by atoms with Crippen molar-refractivity contribution in [1.82, 2.24) is 0 Å². The number of carbonyl (C=O) groups is 1. The predicted molar refractivity (Wildman–Crippen MR) is 93.8 cm³/mol. The van der Waals surface area contributed by atoms with Gasteiger partial charge in [0.2, 0.25) is 5.91 Å². The van der Waals surface area contributed by atoms with Crippen LogP contribution in [0, 0.1) is 5.92 Å². The lowest BCUT2D eigenvalue weighted by molar-refractivity contribution is -0.119. The average Bonchev–Trinajstić information content (AvgIpc) is 2.94. The summed E-state index contributed by atoms with van der Waals surface area (Å²) in [5.41, 5.74) is 7.72. The third-order valence-corrected chi connectivity index (χ3v) is 3.88. The molecule has 1 fully saturated rings. The Labute approximate surface area is 144 Å². The Morgan fingerprint density at radius 2 is 2.09 bits per heavy atom. The van der Waals surface area contributed by atoms with Crippen molar-refractivity contribution in [2.75, 3.05) is 25.1 Å². The van der Waals surface area contributed by atoms with Crippen molar-refractivity contribution in [1.29, 1.82) is 0 Å². The van der Waals surface area contributed by atoms with Gasteiger partial charge in [-0.2, -0.15) is 0 Å². The maximum Gasteiger partial charge on any atom is 0.227 e. The van der Waals surface area contributed by atoms with E-state index >= 15 is 0 Å². The van der Waals surface area contributed by atoms with E-state index in [1.165, 1.54) is 0 Å². The second-order valence-electron chi connectivity index (χ2n) is 5.71. The molecule has 1 amide bonds. The molecule has 0 heterocycles. The van der Waals surface area contributed by atoms with Crippen LogP contribution in [0.5, 0.6) is 0 Å². The largest absolute Gasteiger partial charge is 0.379 e. The monoisotopic (exact) mass is 342 g/mol. The molecular formula is C17H27ClN2O3. The fourth-order valence-corrected chi connectivity index (χ4v) is 2.69. The predicted octanol–water partition coefficient (Wildman–Crippen LogP) is 2.73. The van der Waals surface area contributed by atoms with Gasteiger partial charge in [-0.15, -0.1) is 12.4 Å². The topological polar surface area (TPSA) is 73.6 Å². The Hall–Kier alpha value is -1.14. The number of carbonyl (C=O) groups excluding carboxylic acids is 1. The Kier molecular flexibility index (Phi) is 9.17. The van der Waals surface area contributed by atoms with E-state index in [0.717, 1.165) is 30.5 Å². The summed E-state index contributed by atoms with van der Waals surface area (Å²) in [6, 6.07) is 7.93. The average molecular weight is 343 g/mol. The fourth-order valence-electron chi connectivity index (χ4n) is 2.69. The quantitative estimate of drug-likeness (QED) is 0.712. The molecule has 2 rings (SSSR count). The number of rotatable bonds is 8. The molecular weight excluding hydrogens is 316 g/mol. The van der Waals surface area contributed by atoms with Gasteiger partial charge in [0.15, 0.2) is 0 Å². The molecule has 2 atom stereocenters. The molecule has 130 valence electrons. The smallest absolute Gasteiger partial charge is 0.227 e. The second kappa shape index (κ2) is 10.6. The zero-order valence-corrected chi connectivity index (χ0v) is 14.4. The van der Waals surface area contributed by atoms with Crippen LogP contribution in [-0.2, 0) is 20.9 Å². The summed E-state index contributed by atoms with van der Waals surface area (Å²) in [6.07, 6.45) is 2.60. The summed E-state index contributed by atoms with van der Waals surface area (Å²) in [5, 5.41) is 2.98. The van der Waals surface area contributed by atoms with Gasteiger partial charge >= 0.3 is 0 Å². The third-order valence-electron chi connectivity index (χ3n) is 3.88. The molecule has 0 aromatic heterocycles. The first-order chi connectivity index (χ1) is 10.7. The van der Waals surface area contributed by atoms with Crippen molar-refractivity contribution in [3.8, 4) is 0 Å². The van der Waals surface area contributed by atoms with Gasteiger partial charge in [0, 0.05) is 24.3 Å².